The molecule has 0 heterocycles. The van der Waals surface area contributed by atoms with Gasteiger partial charge in [0.2, 0.25) is 0 Å². The lowest BCUT2D eigenvalue weighted by molar-refractivity contribution is -0.116. The van der Waals surface area contributed by atoms with Crippen LogP contribution >= 0.6 is 35.8 Å². The van der Waals surface area contributed by atoms with Gasteiger partial charge in [0.1, 0.15) is 0 Å². The molecule has 0 aromatic heterocycles. The third-order valence-corrected chi connectivity index (χ3v) is 4.14. The zero-order valence-electron chi connectivity index (χ0n) is 12.9. The van der Waals surface area contributed by atoms with E-state index in [-0.39, 0.29) is 11.5 Å². The largest absolute Gasteiger partial charge is 0.341 e. The molecule has 0 saturated carbocycles. The Morgan fingerprint density at radius 3 is 2.25 bits per heavy atom. The summed E-state index contributed by atoms with van der Waals surface area (Å²) in [5.41, 5.74) is 2.18. The highest BCUT2D eigenvalue weighted by Gasteiger charge is 2.21. The zero-order chi connectivity index (χ0) is 17.7. The van der Waals surface area contributed by atoms with Crippen molar-refractivity contribution in [1.29, 1.82) is 0 Å². The van der Waals surface area contributed by atoms with Crippen LogP contribution in [0.4, 0.5) is 0 Å². The Bertz CT molecular complexity index is 727. The Morgan fingerprint density at radius 1 is 1.12 bits per heavy atom. The number of benzene rings is 2. The zero-order valence-corrected chi connectivity index (χ0v) is 15.3. The number of carbonyl (C=O) groups excluding carboxylic acids is 2. The number of hydrogen-bond donors (Lipinski definition) is 2. The summed E-state index contributed by atoms with van der Waals surface area (Å²) in [6.45, 7) is 1.97. The minimum absolute atomic E-state index is 0.182. The second kappa shape index (κ2) is 8.56. The van der Waals surface area contributed by atoms with Gasteiger partial charge < -0.3 is 5.32 Å². The van der Waals surface area contributed by atoms with E-state index < -0.39 is 11.9 Å². The molecular weight excluding hydrogens is 365 g/mol. The second-order valence-corrected chi connectivity index (χ2v) is 6.56. The number of ketones is 1. The first-order valence-corrected chi connectivity index (χ1v) is 8.61. The molecule has 1 radical (unpaired) electrons. The van der Waals surface area contributed by atoms with Gasteiger partial charge in [-0.15, -0.1) is 0 Å². The lowest BCUT2D eigenvalue weighted by Crippen LogP contribution is -2.42. The first kappa shape index (κ1) is 18.8. The van der Waals surface area contributed by atoms with Gasteiger partial charge in [-0.3, -0.25) is 9.59 Å². The monoisotopic (exact) mass is 380 g/mol. The molecule has 1 atom stereocenters. The SMILES string of the molecule is Cc1ccc([CH]C(=O)[C@@H](CS)NC(=O)c2cc(Cl)cc(Cl)c2)cc1. The molecule has 0 unspecified atom stereocenters. The van der Waals surface area contributed by atoms with E-state index in [1.54, 1.807) is 0 Å². The lowest BCUT2D eigenvalue weighted by Gasteiger charge is -2.16. The molecule has 0 bridgehead atoms. The summed E-state index contributed by atoms with van der Waals surface area (Å²) in [6.07, 6.45) is 1.49. The molecule has 0 aliphatic heterocycles. The van der Waals surface area contributed by atoms with E-state index in [0.717, 1.165) is 11.1 Å². The van der Waals surface area contributed by atoms with Crippen LogP contribution in [0.1, 0.15) is 21.5 Å². The average Bonchev–Trinajstić information content (AvgIpc) is 2.53. The van der Waals surface area contributed by atoms with E-state index in [4.69, 9.17) is 23.2 Å². The van der Waals surface area contributed by atoms with Crippen LogP contribution in [0.5, 0.6) is 0 Å². The van der Waals surface area contributed by atoms with Gasteiger partial charge in [0.05, 0.1) is 12.5 Å². The molecule has 1 amide bonds. The van der Waals surface area contributed by atoms with E-state index in [0.29, 0.717) is 15.6 Å². The fraction of sp³-hybridized carbons (Fsp3) is 0.167. The van der Waals surface area contributed by atoms with Crippen LogP contribution in [0.3, 0.4) is 0 Å². The van der Waals surface area contributed by atoms with Crippen LogP contribution < -0.4 is 5.32 Å². The van der Waals surface area contributed by atoms with E-state index >= 15 is 0 Å². The fourth-order valence-electron chi connectivity index (χ4n) is 2.06. The highest BCUT2D eigenvalue weighted by Crippen LogP contribution is 2.19. The summed E-state index contributed by atoms with van der Waals surface area (Å²) in [5, 5.41) is 3.36. The number of hydrogen-bond acceptors (Lipinski definition) is 3. The first-order chi connectivity index (χ1) is 11.4. The molecule has 2 aromatic carbocycles. The van der Waals surface area contributed by atoms with Crippen LogP contribution in [0, 0.1) is 13.3 Å². The maximum absolute atomic E-state index is 12.4. The van der Waals surface area contributed by atoms with Gasteiger partial charge in [-0.2, -0.15) is 12.6 Å². The Balaban J connectivity index is 2.06. The van der Waals surface area contributed by atoms with Gasteiger partial charge >= 0.3 is 0 Å². The van der Waals surface area contributed by atoms with Crippen LogP contribution in [-0.4, -0.2) is 23.5 Å². The molecular formula is C18H16Cl2NO2S. The normalized spacial score (nSPS) is 11.8. The number of halogens is 2. The maximum atomic E-state index is 12.4. The molecule has 24 heavy (non-hydrogen) atoms. The number of carbonyl (C=O) groups is 2. The summed E-state index contributed by atoms with van der Waals surface area (Å²) in [7, 11) is 0. The Labute approximate surface area is 156 Å². The number of rotatable bonds is 6. The fourth-order valence-corrected chi connectivity index (χ4v) is 2.86. The van der Waals surface area contributed by atoms with Gasteiger partial charge in [-0.05, 0) is 30.7 Å². The number of Topliss-reactive ketones (excluding diaryl/α,β-unsaturated/α-hetero) is 1. The third-order valence-electron chi connectivity index (χ3n) is 3.34. The highest BCUT2D eigenvalue weighted by atomic mass is 35.5. The van der Waals surface area contributed by atoms with Crippen molar-refractivity contribution in [2.45, 2.75) is 13.0 Å². The first-order valence-electron chi connectivity index (χ1n) is 7.22. The number of amides is 1. The highest BCUT2D eigenvalue weighted by molar-refractivity contribution is 7.80. The summed E-state index contributed by atoms with van der Waals surface area (Å²) in [5.74, 6) is -0.472. The van der Waals surface area contributed by atoms with E-state index in [1.165, 1.54) is 24.6 Å². The van der Waals surface area contributed by atoms with E-state index in [1.807, 2.05) is 31.2 Å². The van der Waals surface area contributed by atoms with Gasteiger partial charge in [-0.1, -0.05) is 53.0 Å². The minimum atomic E-state index is -0.736. The third kappa shape index (κ3) is 5.26. The minimum Gasteiger partial charge on any atom is -0.341 e. The van der Waals surface area contributed by atoms with Crippen molar-refractivity contribution in [1.82, 2.24) is 5.32 Å². The Morgan fingerprint density at radius 2 is 1.71 bits per heavy atom. The molecule has 125 valence electrons. The van der Waals surface area contributed by atoms with E-state index in [9.17, 15) is 9.59 Å². The van der Waals surface area contributed by atoms with Gasteiger partial charge in [0.25, 0.3) is 5.91 Å². The number of nitrogens with one attached hydrogen (secondary N) is 1. The molecule has 3 nitrogen and oxygen atoms in total. The number of aryl methyl sites for hydroxylation is 1. The molecule has 0 saturated heterocycles. The predicted molar refractivity (Wildman–Crippen MR) is 101 cm³/mol. The van der Waals surface area contributed by atoms with Crippen LogP contribution in [0.15, 0.2) is 42.5 Å². The van der Waals surface area contributed by atoms with Crippen molar-refractivity contribution in [3.63, 3.8) is 0 Å². The molecule has 0 aliphatic carbocycles. The van der Waals surface area contributed by atoms with Crippen molar-refractivity contribution >= 4 is 47.5 Å². The average molecular weight is 381 g/mol. The molecule has 6 heteroatoms. The van der Waals surface area contributed by atoms with E-state index in [2.05, 4.69) is 17.9 Å². The summed E-state index contributed by atoms with van der Waals surface area (Å²) < 4.78 is 0. The van der Waals surface area contributed by atoms with Gasteiger partial charge in [0, 0.05) is 21.4 Å². The van der Waals surface area contributed by atoms with Crippen molar-refractivity contribution in [2.75, 3.05) is 5.75 Å². The topological polar surface area (TPSA) is 46.2 Å². The molecule has 2 aromatic rings. The molecule has 1 N–H and O–H groups in total. The molecule has 0 aliphatic rings. The van der Waals surface area contributed by atoms with Crippen LogP contribution in [0.25, 0.3) is 0 Å². The smallest absolute Gasteiger partial charge is 0.251 e. The van der Waals surface area contributed by atoms with Crippen molar-refractivity contribution in [3.05, 3.63) is 75.6 Å². The quantitative estimate of drug-likeness (QED) is 0.739. The Kier molecular flexibility index (Phi) is 6.72. The van der Waals surface area contributed by atoms with Crippen LogP contribution in [0.2, 0.25) is 10.0 Å². The van der Waals surface area contributed by atoms with Crippen molar-refractivity contribution < 1.29 is 9.59 Å². The van der Waals surface area contributed by atoms with Crippen molar-refractivity contribution in [3.8, 4) is 0 Å². The molecule has 0 spiro atoms. The van der Waals surface area contributed by atoms with Gasteiger partial charge in [0.15, 0.2) is 5.78 Å². The van der Waals surface area contributed by atoms with Crippen LogP contribution in [-0.2, 0) is 4.79 Å². The maximum Gasteiger partial charge on any atom is 0.251 e. The lowest BCUT2D eigenvalue weighted by atomic mass is 10.0. The van der Waals surface area contributed by atoms with Crippen molar-refractivity contribution in [2.24, 2.45) is 0 Å². The summed E-state index contributed by atoms with van der Waals surface area (Å²) in [6, 6.07) is 11.3. The predicted octanol–water partition coefficient (Wildman–Crippen LogP) is 4.15. The van der Waals surface area contributed by atoms with Gasteiger partial charge in [-0.25, -0.2) is 0 Å². The Hall–Kier alpha value is -1.49. The molecule has 2 rings (SSSR count). The molecule has 0 fully saturated rings. The second-order valence-electron chi connectivity index (χ2n) is 5.32. The number of thiol groups is 1. The standard InChI is InChI=1S/C18H16Cl2NO2S/c1-11-2-4-12(5-3-11)6-17(22)16(10-24)21-18(23)13-7-14(19)9-15(20)8-13/h2-9,16,24H,10H2,1H3,(H,21,23)/t16-/m1/s1. The summed E-state index contributed by atoms with van der Waals surface area (Å²) >= 11 is 15.9. The summed E-state index contributed by atoms with van der Waals surface area (Å²) in [4.78, 5) is 24.6.